The predicted octanol–water partition coefficient (Wildman–Crippen LogP) is 4.16. The predicted molar refractivity (Wildman–Crippen MR) is 113 cm³/mol. The molecule has 0 radical (unpaired) electrons. The molecule has 2 heterocycles. The first-order valence-electron chi connectivity index (χ1n) is 10.6. The maximum absolute atomic E-state index is 12.9. The van der Waals surface area contributed by atoms with Crippen LogP contribution in [0.5, 0.6) is 5.75 Å². The molecule has 4 rings (SSSR count). The zero-order valence-electron chi connectivity index (χ0n) is 17.5. The second-order valence-corrected chi connectivity index (χ2v) is 7.87. The summed E-state index contributed by atoms with van der Waals surface area (Å²) in [5.74, 6) is 0.395. The van der Waals surface area contributed by atoms with E-state index in [0.717, 1.165) is 17.5 Å². The normalized spacial score (nSPS) is 22.7. The Morgan fingerprint density at radius 3 is 2.67 bits per heavy atom. The lowest BCUT2D eigenvalue weighted by Crippen LogP contribution is -2.55. The Morgan fingerprint density at radius 1 is 1.17 bits per heavy atom. The smallest absolute Gasteiger partial charge is 0.415 e. The maximum atomic E-state index is 12.9. The largest absolute Gasteiger partial charge is 0.465 e. The van der Waals surface area contributed by atoms with Gasteiger partial charge in [0, 0.05) is 24.2 Å². The van der Waals surface area contributed by atoms with Crippen LogP contribution in [0, 0.1) is 0 Å². The van der Waals surface area contributed by atoms with Crippen molar-refractivity contribution in [3.63, 3.8) is 0 Å². The van der Waals surface area contributed by atoms with E-state index in [2.05, 4.69) is 24.0 Å². The molecule has 1 saturated heterocycles. The van der Waals surface area contributed by atoms with Crippen LogP contribution in [0.3, 0.4) is 0 Å². The number of benzene rings is 2. The van der Waals surface area contributed by atoms with Gasteiger partial charge in [0.2, 0.25) is 0 Å². The third kappa shape index (κ3) is 4.05. The number of hydrogen-bond acceptors (Lipinski definition) is 5. The number of fused-ring (bicyclic) bond motifs is 1. The summed E-state index contributed by atoms with van der Waals surface area (Å²) < 4.78 is 10.9. The molecule has 0 spiro atoms. The fourth-order valence-electron chi connectivity index (χ4n) is 4.52. The third-order valence-corrected chi connectivity index (χ3v) is 6.14. The Balaban J connectivity index is 1.55. The Morgan fingerprint density at radius 2 is 1.90 bits per heavy atom. The number of ether oxygens (including phenoxy) is 2. The van der Waals surface area contributed by atoms with Crippen molar-refractivity contribution >= 4 is 12.1 Å². The molecule has 158 valence electrons. The summed E-state index contributed by atoms with van der Waals surface area (Å²) >= 11 is 0. The molecule has 0 aliphatic carbocycles. The van der Waals surface area contributed by atoms with Gasteiger partial charge in [0.1, 0.15) is 11.8 Å². The van der Waals surface area contributed by atoms with Crippen molar-refractivity contribution in [3.05, 3.63) is 65.7 Å². The van der Waals surface area contributed by atoms with Crippen LogP contribution in [0.4, 0.5) is 4.79 Å². The SMILES string of the molecule is CCOC(=O)C1CC(N2Cc3ccccc3OC2=O)CCN1[C@H](C)c1ccccc1. The van der Waals surface area contributed by atoms with Crippen LogP contribution in [0.1, 0.15) is 43.9 Å². The van der Waals surface area contributed by atoms with Gasteiger partial charge >= 0.3 is 12.1 Å². The number of hydrogen-bond donors (Lipinski definition) is 0. The van der Waals surface area contributed by atoms with Crippen LogP contribution in [-0.4, -0.2) is 47.1 Å². The summed E-state index contributed by atoms with van der Waals surface area (Å²) in [5.41, 5.74) is 2.15. The molecular weight excluding hydrogens is 380 g/mol. The lowest BCUT2D eigenvalue weighted by atomic mass is 9.92. The van der Waals surface area contributed by atoms with E-state index >= 15 is 0 Å². The van der Waals surface area contributed by atoms with Crippen LogP contribution in [-0.2, 0) is 16.1 Å². The minimum absolute atomic E-state index is 0.0699. The number of carbonyl (C=O) groups excluding carboxylic acids is 2. The summed E-state index contributed by atoms with van der Waals surface area (Å²) in [6, 6.07) is 17.4. The summed E-state index contributed by atoms with van der Waals surface area (Å²) in [6.07, 6.45) is 0.975. The molecule has 6 nitrogen and oxygen atoms in total. The zero-order valence-corrected chi connectivity index (χ0v) is 17.5. The van der Waals surface area contributed by atoms with E-state index in [9.17, 15) is 9.59 Å². The molecule has 6 heteroatoms. The van der Waals surface area contributed by atoms with Gasteiger partial charge in [-0.1, -0.05) is 48.5 Å². The van der Waals surface area contributed by atoms with Gasteiger partial charge in [-0.15, -0.1) is 0 Å². The fourth-order valence-corrected chi connectivity index (χ4v) is 4.52. The first kappa shape index (κ1) is 20.4. The molecule has 0 saturated carbocycles. The highest BCUT2D eigenvalue weighted by molar-refractivity contribution is 5.77. The van der Waals surface area contributed by atoms with Gasteiger partial charge in [-0.25, -0.2) is 4.79 Å². The monoisotopic (exact) mass is 408 g/mol. The molecule has 0 N–H and O–H groups in total. The summed E-state index contributed by atoms with van der Waals surface area (Å²) in [6.45, 7) is 5.49. The van der Waals surface area contributed by atoms with E-state index in [1.807, 2.05) is 49.4 Å². The van der Waals surface area contributed by atoms with E-state index in [0.29, 0.717) is 31.9 Å². The Labute approximate surface area is 177 Å². The second kappa shape index (κ2) is 8.88. The highest BCUT2D eigenvalue weighted by atomic mass is 16.6. The van der Waals surface area contributed by atoms with Crippen molar-refractivity contribution in [2.24, 2.45) is 0 Å². The number of rotatable bonds is 5. The molecule has 2 unspecified atom stereocenters. The number of esters is 1. The number of piperidine rings is 1. The molecule has 2 aromatic carbocycles. The molecule has 1 amide bonds. The highest BCUT2D eigenvalue weighted by Gasteiger charge is 2.41. The summed E-state index contributed by atoms with van der Waals surface area (Å²) in [7, 11) is 0. The third-order valence-electron chi connectivity index (χ3n) is 6.14. The van der Waals surface area contributed by atoms with Crippen LogP contribution >= 0.6 is 0 Å². The Kier molecular flexibility index (Phi) is 6.04. The Bertz CT molecular complexity index is 901. The number of likely N-dealkylation sites (tertiary alicyclic amines) is 1. The van der Waals surface area contributed by atoms with Crippen molar-refractivity contribution in [2.75, 3.05) is 13.2 Å². The number of nitrogens with zero attached hydrogens (tertiary/aromatic N) is 2. The van der Waals surface area contributed by atoms with Crippen molar-refractivity contribution in [1.82, 2.24) is 9.80 Å². The van der Waals surface area contributed by atoms with Crippen LogP contribution in [0.25, 0.3) is 0 Å². The first-order chi connectivity index (χ1) is 14.6. The molecule has 30 heavy (non-hydrogen) atoms. The van der Waals surface area contributed by atoms with E-state index in [-0.39, 0.29) is 24.1 Å². The molecule has 0 aromatic heterocycles. The molecule has 1 fully saturated rings. The van der Waals surface area contributed by atoms with Gasteiger partial charge in [-0.2, -0.15) is 0 Å². The molecule has 2 aliphatic heterocycles. The topological polar surface area (TPSA) is 59.1 Å². The van der Waals surface area contributed by atoms with Gasteiger partial charge < -0.3 is 14.4 Å². The van der Waals surface area contributed by atoms with E-state index < -0.39 is 6.04 Å². The van der Waals surface area contributed by atoms with Crippen molar-refractivity contribution in [3.8, 4) is 5.75 Å². The highest BCUT2D eigenvalue weighted by Crippen LogP contribution is 2.34. The molecule has 3 atom stereocenters. The molecule has 2 aromatic rings. The zero-order chi connectivity index (χ0) is 21.1. The summed E-state index contributed by atoms with van der Waals surface area (Å²) in [5, 5.41) is 0. The average molecular weight is 408 g/mol. The van der Waals surface area contributed by atoms with Crippen molar-refractivity contribution in [2.45, 2.75) is 51.4 Å². The molecule has 2 aliphatic rings. The Hall–Kier alpha value is -2.86. The van der Waals surface area contributed by atoms with Gasteiger partial charge in [0.25, 0.3) is 0 Å². The van der Waals surface area contributed by atoms with Gasteiger partial charge in [0.15, 0.2) is 0 Å². The minimum atomic E-state index is -0.399. The van der Waals surface area contributed by atoms with E-state index in [1.165, 1.54) is 0 Å². The molecule has 0 bridgehead atoms. The van der Waals surface area contributed by atoms with Crippen molar-refractivity contribution < 1.29 is 19.1 Å². The number of para-hydroxylation sites is 1. The second-order valence-electron chi connectivity index (χ2n) is 7.87. The maximum Gasteiger partial charge on any atom is 0.415 e. The lowest BCUT2D eigenvalue weighted by Gasteiger charge is -2.45. The van der Waals surface area contributed by atoms with E-state index in [4.69, 9.17) is 9.47 Å². The number of amides is 1. The quantitative estimate of drug-likeness (QED) is 0.696. The van der Waals surface area contributed by atoms with Crippen LogP contribution in [0.15, 0.2) is 54.6 Å². The first-order valence-corrected chi connectivity index (χ1v) is 10.6. The fraction of sp³-hybridized carbons (Fsp3) is 0.417. The summed E-state index contributed by atoms with van der Waals surface area (Å²) in [4.78, 5) is 29.5. The van der Waals surface area contributed by atoms with E-state index in [1.54, 1.807) is 4.90 Å². The number of carbonyl (C=O) groups is 2. The average Bonchev–Trinajstić information content (AvgIpc) is 2.78. The van der Waals surface area contributed by atoms with Gasteiger partial charge in [-0.05, 0) is 38.3 Å². The van der Waals surface area contributed by atoms with Gasteiger partial charge in [0.05, 0.1) is 13.2 Å². The van der Waals surface area contributed by atoms with Crippen molar-refractivity contribution in [1.29, 1.82) is 0 Å². The minimum Gasteiger partial charge on any atom is -0.465 e. The lowest BCUT2D eigenvalue weighted by molar-refractivity contribution is -0.153. The van der Waals surface area contributed by atoms with Crippen LogP contribution in [0.2, 0.25) is 0 Å². The van der Waals surface area contributed by atoms with Gasteiger partial charge in [-0.3, -0.25) is 9.69 Å². The molecular formula is C24H28N2O4. The van der Waals surface area contributed by atoms with Crippen LogP contribution < -0.4 is 4.74 Å². The standard InChI is InChI=1S/C24H28N2O4/c1-3-29-23(27)21-15-20(13-14-25(21)17(2)18-9-5-4-6-10-18)26-16-19-11-7-8-12-22(19)30-24(26)28/h4-12,17,20-21H,3,13-16H2,1-2H3/t17-,20?,21?/m1/s1.